The van der Waals surface area contributed by atoms with Crippen molar-refractivity contribution in [2.45, 2.75) is 26.2 Å². The lowest BCUT2D eigenvalue weighted by Gasteiger charge is -2.20. The molecule has 0 aromatic heterocycles. The first kappa shape index (κ1) is 18.3. The Hall–Kier alpha value is -2.01. The van der Waals surface area contributed by atoms with Gasteiger partial charge in [0.2, 0.25) is 0 Å². The fraction of sp³-hybridized carbons (Fsp3) is 0.316. The Morgan fingerprint density at radius 3 is 2.21 bits per heavy atom. The van der Waals surface area contributed by atoms with Crippen LogP contribution in [0, 0.1) is 0 Å². The van der Waals surface area contributed by atoms with Gasteiger partial charge in [0, 0.05) is 0 Å². The predicted molar refractivity (Wildman–Crippen MR) is 97.2 cm³/mol. The molecule has 2 aromatic rings. The van der Waals surface area contributed by atoms with Crippen LogP contribution in [0.4, 0.5) is 0 Å². The van der Waals surface area contributed by atoms with E-state index < -0.39 is 5.97 Å². The molecular formula is C19H21BrO4. The number of aromatic carboxylic acids is 1. The Morgan fingerprint density at radius 2 is 1.67 bits per heavy atom. The third kappa shape index (κ3) is 4.99. The van der Waals surface area contributed by atoms with Crippen molar-refractivity contribution >= 4 is 21.9 Å². The van der Waals surface area contributed by atoms with Crippen LogP contribution in [0.25, 0.3) is 0 Å². The average molecular weight is 393 g/mol. The summed E-state index contributed by atoms with van der Waals surface area (Å²) in [6, 6.07) is 12.4. The zero-order valence-corrected chi connectivity index (χ0v) is 15.6. The Morgan fingerprint density at radius 1 is 1.04 bits per heavy atom. The number of hydrogen-bond acceptors (Lipinski definition) is 3. The van der Waals surface area contributed by atoms with E-state index in [0.29, 0.717) is 19.0 Å². The molecule has 5 heteroatoms. The van der Waals surface area contributed by atoms with Gasteiger partial charge in [-0.25, -0.2) is 4.79 Å². The number of ether oxygens (including phenoxy) is 2. The van der Waals surface area contributed by atoms with Crippen molar-refractivity contribution in [1.82, 2.24) is 0 Å². The van der Waals surface area contributed by atoms with Crippen molar-refractivity contribution in [3.05, 3.63) is 58.1 Å². The van der Waals surface area contributed by atoms with E-state index in [-0.39, 0.29) is 11.0 Å². The van der Waals surface area contributed by atoms with Crippen molar-refractivity contribution < 1.29 is 19.4 Å². The molecule has 2 aromatic carbocycles. The largest absolute Gasteiger partial charge is 0.490 e. The summed E-state index contributed by atoms with van der Waals surface area (Å²) >= 11 is 3.54. The molecule has 2 rings (SSSR count). The van der Waals surface area contributed by atoms with Crippen LogP contribution < -0.4 is 9.47 Å². The Labute approximate surface area is 150 Å². The van der Waals surface area contributed by atoms with Crippen LogP contribution in [0.5, 0.6) is 11.5 Å². The second-order valence-electron chi connectivity index (χ2n) is 6.42. The maximum absolute atomic E-state index is 10.8. The maximum atomic E-state index is 10.8. The first-order chi connectivity index (χ1) is 11.3. The number of hydrogen-bond donors (Lipinski definition) is 1. The zero-order valence-electron chi connectivity index (χ0n) is 14.0. The molecular weight excluding hydrogens is 372 g/mol. The van der Waals surface area contributed by atoms with Gasteiger partial charge in [-0.2, -0.15) is 0 Å². The predicted octanol–water partition coefficient (Wildman–Crippen LogP) is 4.90. The lowest BCUT2D eigenvalue weighted by Crippen LogP contribution is -2.12. The lowest BCUT2D eigenvalue weighted by molar-refractivity contribution is 0.0697. The van der Waals surface area contributed by atoms with Crippen LogP contribution in [0.2, 0.25) is 0 Å². The summed E-state index contributed by atoms with van der Waals surface area (Å²) in [5.41, 5.74) is 1.56. The topological polar surface area (TPSA) is 55.8 Å². The van der Waals surface area contributed by atoms with Crippen molar-refractivity contribution in [2.75, 3.05) is 13.2 Å². The van der Waals surface area contributed by atoms with Crippen LogP contribution in [-0.4, -0.2) is 24.3 Å². The molecule has 0 fully saturated rings. The van der Waals surface area contributed by atoms with Crippen LogP contribution in [0.3, 0.4) is 0 Å². The van der Waals surface area contributed by atoms with E-state index in [1.165, 1.54) is 17.7 Å². The molecule has 0 saturated carbocycles. The standard InChI is InChI=1S/C19H21BrO4/c1-19(2,3)14-6-9-17(16(20)12-14)24-11-10-23-15-7-4-13(5-8-15)18(21)22/h4-9,12H,10-11H2,1-3H3,(H,21,22). The van der Waals surface area contributed by atoms with E-state index in [1.807, 2.05) is 6.07 Å². The lowest BCUT2D eigenvalue weighted by atomic mass is 9.87. The van der Waals surface area contributed by atoms with Gasteiger partial charge in [0.1, 0.15) is 24.7 Å². The van der Waals surface area contributed by atoms with Gasteiger partial charge in [0.15, 0.2) is 0 Å². The third-order valence-corrected chi connectivity index (χ3v) is 4.13. The van der Waals surface area contributed by atoms with Gasteiger partial charge in [0.25, 0.3) is 0 Å². The minimum Gasteiger partial charge on any atom is -0.490 e. The number of carboxylic acid groups (broad SMARTS) is 1. The van der Waals surface area contributed by atoms with Crippen LogP contribution in [-0.2, 0) is 5.41 Å². The summed E-state index contributed by atoms with van der Waals surface area (Å²) in [6.45, 7) is 7.27. The molecule has 0 radical (unpaired) electrons. The summed E-state index contributed by atoms with van der Waals surface area (Å²) in [4.78, 5) is 10.8. The molecule has 0 aliphatic rings. The molecule has 0 bridgehead atoms. The quantitative estimate of drug-likeness (QED) is 0.710. The summed E-state index contributed by atoms with van der Waals surface area (Å²) in [5, 5.41) is 8.85. The summed E-state index contributed by atoms with van der Waals surface area (Å²) < 4.78 is 12.2. The Bertz CT molecular complexity index is 702. The molecule has 4 nitrogen and oxygen atoms in total. The number of halogens is 1. The van der Waals surface area contributed by atoms with Gasteiger partial charge in [-0.3, -0.25) is 0 Å². The number of carboxylic acids is 1. The van der Waals surface area contributed by atoms with E-state index in [9.17, 15) is 4.79 Å². The molecule has 0 unspecified atom stereocenters. The highest BCUT2D eigenvalue weighted by molar-refractivity contribution is 9.10. The normalized spacial score (nSPS) is 11.2. The smallest absolute Gasteiger partial charge is 0.335 e. The summed E-state index contributed by atoms with van der Waals surface area (Å²) in [6.07, 6.45) is 0. The highest BCUT2D eigenvalue weighted by Crippen LogP contribution is 2.31. The number of rotatable bonds is 6. The average Bonchev–Trinajstić information content (AvgIpc) is 2.52. The number of carbonyl (C=O) groups is 1. The Kier molecular flexibility index (Phi) is 5.89. The van der Waals surface area contributed by atoms with Crippen LogP contribution >= 0.6 is 15.9 Å². The molecule has 0 heterocycles. The molecule has 128 valence electrons. The monoisotopic (exact) mass is 392 g/mol. The number of benzene rings is 2. The molecule has 0 saturated heterocycles. The van der Waals surface area contributed by atoms with E-state index in [0.717, 1.165) is 10.2 Å². The van der Waals surface area contributed by atoms with E-state index in [1.54, 1.807) is 12.1 Å². The van der Waals surface area contributed by atoms with Crippen LogP contribution in [0.15, 0.2) is 46.9 Å². The van der Waals surface area contributed by atoms with Gasteiger partial charge in [-0.1, -0.05) is 26.8 Å². The fourth-order valence-electron chi connectivity index (χ4n) is 2.09. The van der Waals surface area contributed by atoms with Crippen molar-refractivity contribution in [1.29, 1.82) is 0 Å². The minimum absolute atomic E-state index is 0.0896. The van der Waals surface area contributed by atoms with Crippen molar-refractivity contribution in [3.63, 3.8) is 0 Å². The molecule has 0 amide bonds. The van der Waals surface area contributed by atoms with Crippen molar-refractivity contribution in [2.24, 2.45) is 0 Å². The molecule has 0 aliphatic carbocycles. The highest BCUT2D eigenvalue weighted by Gasteiger charge is 2.15. The van der Waals surface area contributed by atoms with Gasteiger partial charge in [0.05, 0.1) is 10.0 Å². The van der Waals surface area contributed by atoms with Gasteiger partial charge in [-0.05, 0) is 63.3 Å². The van der Waals surface area contributed by atoms with Gasteiger partial charge >= 0.3 is 5.97 Å². The fourth-order valence-corrected chi connectivity index (χ4v) is 2.58. The zero-order chi connectivity index (χ0) is 17.7. The first-order valence-electron chi connectivity index (χ1n) is 7.66. The minimum atomic E-state index is -0.951. The highest BCUT2D eigenvalue weighted by atomic mass is 79.9. The summed E-state index contributed by atoms with van der Waals surface area (Å²) in [5.74, 6) is 0.437. The SMILES string of the molecule is CC(C)(C)c1ccc(OCCOc2ccc(C(=O)O)cc2)c(Br)c1. The Balaban J connectivity index is 1.85. The molecule has 24 heavy (non-hydrogen) atoms. The van der Waals surface area contributed by atoms with E-state index in [4.69, 9.17) is 14.6 Å². The van der Waals surface area contributed by atoms with Gasteiger partial charge in [-0.15, -0.1) is 0 Å². The second-order valence-corrected chi connectivity index (χ2v) is 7.28. The van der Waals surface area contributed by atoms with Crippen LogP contribution in [0.1, 0.15) is 36.7 Å². The molecule has 0 atom stereocenters. The van der Waals surface area contributed by atoms with Crippen molar-refractivity contribution in [3.8, 4) is 11.5 Å². The van der Waals surface area contributed by atoms with E-state index >= 15 is 0 Å². The summed E-state index contributed by atoms with van der Waals surface area (Å²) in [7, 11) is 0. The third-order valence-electron chi connectivity index (χ3n) is 3.51. The molecule has 0 spiro atoms. The van der Waals surface area contributed by atoms with Gasteiger partial charge < -0.3 is 14.6 Å². The molecule has 1 N–H and O–H groups in total. The maximum Gasteiger partial charge on any atom is 0.335 e. The second kappa shape index (κ2) is 7.71. The first-order valence-corrected chi connectivity index (χ1v) is 8.45. The van der Waals surface area contributed by atoms with E-state index in [2.05, 4.69) is 48.8 Å². The molecule has 0 aliphatic heterocycles.